The van der Waals surface area contributed by atoms with Gasteiger partial charge >= 0.3 is 0 Å². The monoisotopic (exact) mass is 326 g/mol. The number of halogens is 1. The molecule has 22 heavy (non-hydrogen) atoms. The van der Waals surface area contributed by atoms with Crippen LogP contribution < -0.4 is 20.1 Å². The molecule has 0 atom stereocenters. The van der Waals surface area contributed by atoms with Crippen molar-refractivity contribution in [2.45, 2.75) is 32.2 Å². The van der Waals surface area contributed by atoms with E-state index in [0.717, 1.165) is 36.6 Å². The van der Waals surface area contributed by atoms with Crippen LogP contribution in [0, 0.1) is 5.92 Å². The van der Waals surface area contributed by atoms with Crippen LogP contribution in [0.25, 0.3) is 0 Å². The molecule has 2 aliphatic rings. The number of benzene rings is 1. The van der Waals surface area contributed by atoms with E-state index in [4.69, 9.17) is 9.47 Å². The summed E-state index contributed by atoms with van der Waals surface area (Å²) < 4.78 is 10.8. The van der Waals surface area contributed by atoms with Crippen molar-refractivity contribution < 1.29 is 14.3 Å². The highest BCUT2D eigenvalue weighted by Gasteiger charge is 2.18. The van der Waals surface area contributed by atoms with Crippen LogP contribution in [0.2, 0.25) is 0 Å². The summed E-state index contributed by atoms with van der Waals surface area (Å²) in [6.45, 7) is 2.92. The maximum absolute atomic E-state index is 12.0. The molecule has 2 heterocycles. The highest BCUT2D eigenvalue weighted by atomic mass is 35.5. The van der Waals surface area contributed by atoms with Gasteiger partial charge < -0.3 is 20.1 Å². The van der Waals surface area contributed by atoms with E-state index in [0.29, 0.717) is 18.9 Å². The topological polar surface area (TPSA) is 59.6 Å². The largest absolute Gasteiger partial charge is 0.454 e. The molecule has 0 unspecified atom stereocenters. The van der Waals surface area contributed by atoms with Gasteiger partial charge in [0.15, 0.2) is 11.5 Å². The summed E-state index contributed by atoms with van der Waals surface area (Å²) in [5.74, 6) is 2.33. The number of ether oxygens (including phenoxy) is 2. The lowest BCUT2D eigenvalue weighted by Gasteiger charge is -2.22. The van der Waals surface area contributed by atoms with Crippen LogP contribution in [-0.2, 0) is 11.3 Å². The number of nitrogens with one attached hydrogen (secondary N) is 2. The van der Waals surface area contributed by atoms with Gasteiger partial charge in [0.25, 0.3) is 0 Å². The van der Waals surface area contributed by atoms with E-state index < -0.39 is 0 Å². The van der Waals surface area contributed by atoms with Crippen LogP contribution in [0.3, 0.4) is 0 Å². The Labute approximate surface area is 137 Å². The zero-order valence-electron chi connectivity index (χ0n) is 12.6. The summed E-state index contributed by atoms with van der Waals surface area (Å²) in [6, 6.07) is 5.76. The van der Waals surface area contributed by atoms with Crippen LogP contribution in [0.15, 0.2) is 18.2 Å². The Kier molecular flexibility index (Phi) is 6.34. The van der Waals surface area contributed by atoms with E-state index in [1.807, 2.05) is 18.2 Å². The van der Waals surface area contributed by atoms with Crippen LogP contribution in [0.5, 0.6) is 11.5 Å². The number of para-hydroxylation sites is 1. The van der Waals surface area contributed by atoms with Gasteiger partial charge in [0.1, 0.15) is 0 Å². The van der Waals surface area contributed by atoms with Gasteiger partial charge in [0.05, 0.1) is 0 Å². The third-order valence-corrected chi connectivity index (χ3v) is 4.19. The number of hydrogen-bond acceptors (Lipinski definition) is 4. The van der Waals surface area contributed by atoms with Gasteiger partial charge in [-0.05, 0) is 44.3 Å². The molecule has 122 valence electrons. The first-order chi connectivity index (χ1) is 10.3. The van der Waals surface area contributed by atoms with Crippen LogP contribution in [0.4, 0.5) is 0 Å². The molecule has 0 aliphatic carbocycles. The van der Waals surface area contributed by atoms with Crippen molar-refractivity contribution in [3.05, 3.63) is 23.8 Å². The molecular formula is C16H23ClN2O3. The first kappa shape index (κ1) is 16.9. The molecule has 1 saturated heterocycles. The van der Waals surface area contributed by atoms with Gasteiger partial charge in [-0.25, -0.2) is 0 Å². The quantitative estimate of drug-likeness (QED) is 0.871. The van der Waals surface area contributed by atoms with Gasteiger partial charge in [0.2, 0.25) is 12.7 Å². The summed E-state index contributed by atoms with van der Waals surface area (Å²) in [7, 11) is 0. The minimum absolute atomic E-state index is 0. The smallest absolute Gasteiger partial charge is 0.231 e. The molecule has 1 amide bonds. The molecule has 0 radical (unpaired) electrons. The predicted octanol–water partition coefficient (Wildman–Crippen LogP) is 2.23. The Bertz CT molecular complexity index is 504. The second-order valence-corrected chi connectivity index (χ2v) is 5.66. The van der Waals surface area contributed by atoms with Crippen LogP contribution in [-0.4, -0.2) is 25.8 Å². The maximum Gasteiger partial charge on any atom is 0.231 e. The average Bonchev–Trinajstić information content (AvgIpc) is 3.01. The fraction of sp³-hybridized carbons (Fsp3) is 0.562. The van der Waals surface area contributed by atoms with Crippen LogP contribution >= 0.6 is 12.4 Å². The number of carbonyl (C=O) groups excluding carboxylic acids is 1. The standard InChI is InChI=1S/C16H22N2O3.ClH/c19-15(5-4-12-6-8-17-9-7-12)18-10-13-2-1-3-14-16(13)21-11-20-14;/h1-3,12,17H,4-11H2,(H,18,19);1H. The second kappa shape index (κ2) is 8.25. The van der Waals surface area contributed by atoms with Crippen molar-refractivity contribution in [1.82, 2.24) is 10.6 Å². The molecule has 0 saturated carbocycles. The lowest BCUT2D eigenvalue weighted by molar-refractivity contribution is -0.121. The lowest BCUT2D eigenvalue weighted by atomic mass is 9.93. The Hall–Kier alpha value is -1.46. The van der Waals surface area contributed by atoms with E-state index in [1.54, 1.807) is 0 Å². The Morgan fingerprint density at radius 2 is 2.09 bits per heavy atom. The van der Waals surface area contributed by atoms with Crippen molar-refractivity contribution in [2.24, 2.45) is 5.92 Å². The Morgan fingerprint density at radius 1 is 1.27 bits per heavy atom. The van der Waals surface area contributed by atoms with E-state index in [1.165, 1.54) is 12.8 Å². The van der Waals surface area contributed by atoms with Gasteiger partial charge in [-0.15, -0.1) is 12.4 Å². The summed E-state index contributed by atoms with van der Waals surface area (Å²) in [5, 5.41) is 6.32. The molecule has 0 bridgehead atoms. The highest BCUT2D eigenvalue weighted by molar-refractivity contribution is 5.85. The third-order valence-electron chi connectivity index (χ3n) is 4.19. The number of carbonyl (C=O) groups is 1. The highest BCUT2D eigenvalue weighted by Crippen LogP contribution is 2.35. The minimum atomic E-state index is 0. The minimum Gasteiger partial charge on any atom is -0.454 e. The summed E-state index contributed by atoms with van der Waals surface area (Å²) in [5.41, 5.74) is 0.972. The number of piperidine rings is 1. The van der Waals surface area contributed by atoms with E-state index in [-0.39, 0.29) is 25.1 Å². The van der Waals surface area contributed by atoms with E-state index >= 15 is 0 Å². The maximum atomic E-state index is 12.0. The molecular weight excluding hydrogens is 304 g/mol. The first-order valence-corrected chi connectivity index (χ1v) is 7.68. The van der Waals surface area contributed by atoms with Crippen molar-refractivity contribution in [3.63, 3.8) is 0 Å². The summed E-state index contributed by atoms with van der Waals surface area (Å²) >= 11 is 0. The molecule has 5 nitrogen and oxygen atoms in total. The number of hydrogen-bond donors (Lipinski definition) is 2. The predicted molar refractivity (Wildman–Crippen MR) is 86.5 cm³/mol. The van der Waals surface area contributed by atoms with Gasteiger partial charge in [-0.1, -0.05) is 12.1 Å². The molecule has 1 fully saturated rings. The normalized spacial score (nSPS) is 16.9. The molecule has 1 aromatic rings. The van der Waals surface area contributed by atoms with Crippen molar-refractivity contribution in [1.29, 1.82) is 0 Å². The van der Waals surface area contributed by atoms with E-state index in [2.05, 4.69) is 10.6 Å². The van der Waals surface area contributed by atoms with Gasteiger partial charge in [-0.2, -0.15) is 0 Å². The lowest BCUT2D eigenvalue weighted by Crippen LogP contribution is -2.29. The zero-order valence-corrected chi connectivity index (χ0v) is 13.4. The molecule has 0 spiro atoms. The molecule has 3 rings (SSSR count). The molecule has 2 aliphatic heterocycles. The number of fused-ring (bicyclic) bond motifs is 1. The summed E-state index contributed by atoms with van der Waals surface area (Å²) in [6.07, 6.45) is 3.96. The Balaban J connectivity index is 0.00000176. The van der Waals surface area contributed by atoms with Crippen molar-refractivity contribution in [3.8, 4) is 11.5 Å². The van der Waals surface area contributed by atoms with E-state index in [9.17, 15) is 4.79 Å². The van der Waals surface area contributed by atoms with Gasteiger partial charge in [-0.3, -0.25) is 4.79 Å². The molecule has 1 aromatic carbocycles. The number of rotatable bonds is 5. The van der Waals surface area contributed by atoms with Gasteiger partial charge in [0, 0.05) is 18.5 Å². The van der Waals surface area contributed by atoms with Crippen molar-refractivity contribution in [2.75, 3.05) is 19.9 Å². The molecule has 6 heteroatoms. The first-order valence-electron chi connectivity index (χ1n) is 7.68. The molecule has 0 aromatic heterocycles. The average molecular weight is 327 g/mol. The second-order valence-electron chi connectivity index (χ2n) is 5.66. The fourth-order valence-electron chi connectivity index (χ4n) is 2.92. The summed E-state index contributed by atoms with van der Waals surface area (Å²) in [4.78, 5) is 12.0. The SMILES string of the molecule is Cl.O=C(CCC1CCNCC1)NCc1cccc2c1OCO2. The fourth-order valence-corrected chi connectivity index (χ4v) is 2.92. The zero-order chi connectivity index (χ0) is 14.5. The van der Waals surface area contributed by atoms with Crippen LogP contribution in [0.1, 0.15) is 31.2 Å². The van der Waals surface area contributed by atoms with Crippen molar-refractivity contribution >= 4 is 18.3 Å². The molecule has 2 N–H and O–H groups in total. The number of amides is 1. The third kappa shape index (κ3) is 4.27. The Morgan fingerprint density at radius 3 is 2.91 bits per heavy atom.